The third kappa shape index (κ3) is 3.99. The maximum absolute atomic E-state index is 10.8. The molecule has 1 N–H and O–H groups in total. The second-order valence-corrected chi connectivity index (χ2v) is 8.94. The summed E-state index contributed by atoms with van der Waals surface area (Å²) < 4.78 is 0. The Kier molecular flexibility index (Phi) is 4.67. The highest BCUT2D eigenvalue weighted by Crippen LogP contribution is 2.40. The van der Waals surface area contributed by atoms with Gasteiger partial charge in [0.05, 0.1) is 5.01 Å². The van der Waals surface area contributed by atoms with Crippen LogP contribution < -0.4 is 0 Å². The van der Waals surface area contributed by atoms with Crippen LogP contribution in [0.5, 0.6) is 5.75 Å². The Hall–Kier alpha value is -1.68. The van der Waals surface area contributed by atoms with Crippen LogP contribution in [-0.4, -0.2) is 16.4 Å². The number of hydrogen-bond donors (Lipinski definition) is 1. The molecule has 0 saturated carbocycles. The van der Waals surface area contributed by atoms with Crippen molar-refractivity contribution in [1.82, 2.24) is 4.98 Å². The highest BCUT2D eigenvalue weighted by molar-refractivity contribution is 7.09. The van der Waals surface area contributed by atoms with Crippen LogP contribution in [0.1, 0.15) is 73.7 Å². The van der Waals surface area contributed by atoms with E-state index in [0.29, 0.717) is 17.9 Å². The van der Waals surface area contributed by atoms with Gasteiger partial charge in [-0.3, -0.25) is 4.79 Å². The number of phenols is 1. The van der Waals surface area contributed by atoms with Crippen LogP contribution in [0, 0.1) is 0 Å². The van der Waals surface area contributed by atoms with E-state index in [-0.39, 0.29) is 10.8 Å². The molecule has 0 saturated heterocycles. The molecule has 1 aromatic heterocycles. The zero-order chi connectivity index (χ0) is 17.4. The van der Waals surface area contributed by atoms with E-state index >= 15 is 0 Å². The molecule has 0 aliphatic heterocycles. The molecule has 1 aromatic carbocycles. The highest BCUT2D eigenvalue weighted by atomic mass is 32.1. The Bertz CT molecular complexity index is 683. The van der Waals surface area contributed by atoms with Gasteiger partial charge in [-0.25, -0.2) is 4.98 Å². The van der Waals surface area contributed by atoms with Gasteiger partial charge in [0, 0.05) is 11.8 Å². The fourth-order valence-electron chi connectivity index (χ4n) is 2.57. The Morgan fingerprint density at radius 2 is 1.61 bits per heavy atom. The normalized spacial score (nSPS) is 12.4. The summed E-state index contributed by atoms with van der Waals surface area (Å²) >= 11 is 1.50. The molecule has 0 fully saturated rings. The molecule has 0 aliphatic rings. The van der Waals surface area contributed by atoms with Crippen LogP contribution >= 0.6 is 11.3 Å². The average Bonchev–Trinajstić information content (AvgIpc) is 2.85. The second kappa shape index (κ2) is 6.08. The number of nitrogens with zero attached hydrogens (tertiary/aromatic N) is 1. The molecule has 2 rings (SSSR count). The quantitative estimate of drug-likeness (QED) is 0.818. The van der Waals surface area contributed by atoms with Gasteiger partial charge >= 0.3 is 0 Å². The van der Waals surface area contributed by atoms with Gasteiger partial charge in [-0.05, 0) is 27.5 Å². The van der Waals surface area contributed by atoms with Crippen molar-refractivity contribution in [2.45, 2.75) is 58.8 Å². The smallest absolute Gasteiger partial charge is 0.169 e. The molecule has 0 bridgehead atoms. The van der Waals surface area contributed by atoms with Crippen LogP contribution in [0.3, 0.4) is 0 Å². The van der Waals surface area contributed by atoms with Crippen LogP contribution in [0.25, 0.3) is 0 Å². The van der Waals surface area contributed by atoms with E-state index in [4.69, 9.17) is 0 Å². The van der Waals surface area contributed by atoms with Crippen molar-refractivity contribution in [3.05, 3.63) is 44.9 Å². The maximum atomic E-state index is 10.8. The molecular formula is C19H25NO2S. The van der Waals surface area contributed by atoms with Gasteiger partial charge < -0.3 is 5.11 Å². The molecule has 0 spiro atoms. The van der Waals surface area contributed by atoms with Crippen molar-refractivity contribution >= 4 is 17.6 Å². The standard InChI is InChI=1S/C19H25NO2S/c1-18(2,3)14-7-12(8-15(17(14)22)19(4,5)6)9-16-20-13(10-21)11-23-16/h7-8,10-11,22H,9H2,1-6H3. The first-order chi connectivity index (χ1) is 10.5. The van der Waals surface area contributed by atoms with Crippen LogP contribution in [0.2, 0.25) is 0 Å². The molecule has 0 aliphatic carbocycles. The molecule has 3 nitrogen and oxygen atoms in total. The number of aromatic nitrogens is 1. The molecule has 0 radical (unpaired) electrons. The second-order valence-electron chi connectivity index (χ2n) is 8.00. The predicted octanol–water partition coefficient (Wildman–Crippen LogP) is 4.85. The molecule has 1 heterocycles. The summed E-state index contributed by atoms with van der Waals surface area (Å²) in [4.78, 5) is 15.1. The first kappa shape index (κ1) is 17.7. The Morgan fingerprint density at radius 3 is 2.00 bits per heavy atom. The van der Waals surface area contributed by atoms with Gasteiger partial charge in [-0.15, -0.1) is 11.3 Å². The van der Waals surface area contributed by atoms with Crippen molar-refractivity contribution in [1.29, 1.82) is 0 Å². The lowest BCUT2D eigenvalue weighted by molar-refractivity contribution is 0.111. The van der Waals surface area contributed by atoms with Gasteiger partial charge in [0.1, 0.15) is 11.4 Å². The summed E-state index contributed by atoms with van der Waals surface area (Å²) in [6.07, 6.45) is 1.45. The van der Waals surface area contributed by atoms with E-state index in [2.05, 4.69) is 58.7 Å². The molecule has 23 heavy (non-hydrogen) atoms. The van der Waals surface area contributed by atoms with E-state index in [9.17, 15) is 9.90 Å². The Balaban J connectivity index is 2.53. The van der Waals surface area contributed by atoms with Crippen molar-refractivity contribution in [3.63, 3.8) is 0 Å². The topological polar surface area (TPSA) is 50.2 Å². The van der Waals surface area contributed by atoms with Gasteiger partial charge in [0.25, 0.3) is 0 Å². The van der Waals surface area contributed by atoms with Crippen molar-refractivity contribution < 1.29 is 9.90 Å². The number of carbonyl (C=O) groups is 1. The summed E-state index contributed by atoms with van der Waals surface area (Å²) in [5, 5.41) is 13.4. The summed E-state index contributed by atoms with van der Waals surface area (Å²) in [7, 11) is 0. The molecular weight excluding hydrogens is 306 g/mol. The largest absolute Gasteiger partial charge is 0.507 e. The minimum absolute atomic E-state index is 0.142. The zero-order valence-corrected chi connectivity index (χ0v) is 15.5. The summed E-state index contributed by atoms with van der Waals surface area (Å²) in [6, 6.07) is 4.12. The number of thiazole rings is 1. The van der Waals surface area contributed by atoms with Gasteiger partial charge in [0.2, 0.25) is 0 Å². The van der Waals surface area contributed by atoms with Gasteiger partial charge in [-0.2, -0.15) is 0 Å². The zero-order valence-electron chi connectivity index (χ0n) is 14.7. The highest BCUT2D eigenvalue weighted by Gasteiger charge is 2.26. The lowest BCUT2D eigenvalue weighted by atomic mass is 9.78. The van der Waals surface area contributed by atoms with E-state index in [0.717, 1.165) is 28.0 Å². The number of aromatic hydroxyl groups is 1. The monoisotopic (exact) mass is 331 g/mol. The molecule has 2 aromatic rings. The van der Waals surface area contributed by atoms with E-state index in [1.807, 2.05) is 0 Å². The van der Waals surface area contributed by atoms with Gasteiger partial charge in [0.15, 0.2) is 6.29 Å². The van der Waals surface area contributed by atoms with Crippen molar-refractivity contribution in [2.24, 2.45) is 0 Å². The maximum Gasteiger partial charge on any atom is 0.169 e. The fourth-order valence-corrected chi connectivity index (χ4v) is 3.35. The third-order valence-corrected chi connectivity index (χ3v) is 4.70. The summed E-state index contributed by atoms with van der Waals surface area (Å²) in [5.74, 6) is 0.390. The van der Waals surface area contributed by atoms with E-state index in [1.54, 1.807) is 5.38 Å². The van der Waals surface area contributed by atoms with Crippen LogP contribution in [-0.2, 0) is 17.3 Å². The lowest BCUT2D eigenvalue weighted by Gasteiger charge is -2.28. The average molecular weight is 331 g/mol. The van der Waals surface area contributed by atoms with Gasteiger partial charge in [-0.1, -0.05) is 53.7 Å². The first-order valence-corrected chi connectivity index (χ1v) is 8.67. The minimum atomic E-state index is -0.142. The lowest BCUT2D eigenvalue weighted by Crippen LogP contribution is -2.18. The van der Waals surface area contributed by atoms with E-state index < -0.39 is 0 Å². The number of rotatable bonds is 3. The third-order valence-electron chi connectivity index (χ3n) is 3.83. The van der Waals surface area contributed by atoms with Crippen molar-refractivity contribution in [2.75, 3.05) is 0 Å². The SMILES string of the molecule is CC(C)(C)c1cc(Cc2nc(C=O)cs2)cc(C(C)(C)C)c1O. The minimum Gasteiger partial charge on any atom is -0.507 e. The predicted molar refractivity (Wildman–Crippen MR) is 95.8 cm³/mol. The number of carbonyl (C=O) groups excluding carboxylic acids is 1. The molecule has 0 atom stereocenters. The van der Waals surface area contributed by atoms with E-state index in [1.165, 1.54) is 11.3 Å². The number of phenolic OH excluding ortho intramolecular Hbond substituents is 1. The van der Waals surface area contributed by atoms with Crippen LogP contribution in [0.4, 0.5) is 0 Å². The molecule has 124 valence electrons. The molecule has 4 heteroatoms. The number of hydrogen-bond acceptors (Lipinski definition) is 4. The van der Waals surface area contributed by atoms with Crippen molar-refractivity contribution in [3.8, 4) is 5.75 Å². The Morgan fingerprint density at radius 1 is 1.09 bits per heavy atom. The first-order valence-electron chi connectivity index (χ1n) is 7.79. The summed E-state index contributed by atoms with van der Waals surface area (Å²) in [6.45, 7) is 12.6. The molecule has 0 unspecified atom stereocenters. The van der Waals surface area contributed by atoms with Crippen LogP contribution in [0.15, 0.2) is 17.5 Å². The fraction of sp³-hybridized carbons (Fsp3) is 0.474. The molecule has 0 amide bonds. The number of aldehydes is 1. The number of benzene rings is 1. The Labute approximate surface area is 142 Å². The summed E-state index contributed by atoms with van der Waals surface area (Å²) in [5.41, 5.74) is 3.22.